The molecule has 710 valence electrons. The number of aliphatic imine (C=N–C) groups is 4. The minimum atomic E-state index is -0.899. The van der Waals surface area contributed by atoms with Crippen LogP contribution in [0.1, 0.15) is 87.5 Å². The summed E-state index contributed by atoms with van der Waals surface area (Å²) in [6, 6.07) is 53.4. The predicted octanol–water partition coefficient (Wildman–Crippen LogP) is 26.2. The average Bonchev–Trinajstić information content (AvgIpc) is 1.66. The molecule has 0 unspecified atom stereocenters. The zero-order valence-corrected chi connectivity index (χ0v) is 91.0. The zero-order valence-electron chi connectivity index (χ0n) is 73.0. The lowest BCUT2D eigenvalue weighted by Gasteiger charge is -1.99. The summed E-state index contributed by atoms with van der Waals surface area (Å²) in [5.74, 6) is 1.95. The fourth-order valence-electron chi connectivity index (χ4n) is 11.7. The van der Waals surface area contributed by atoms with Crippen molar-refractivity contribution < 1.29 is 48.9 Å². The number of rotatable bonds is 23. The highest BCUT2D eigenvalue weighted by Gasteiger charge is 2.30. The Hall–Kier alpha value is -9.13. The van der Waals surface area contributed by atoms with E-state index in [0.29, 0.717) is 66.3 Å². The summed E-state index contributed by atoms with van der Waals surface area (Å²) < 4.78 is 8.31. The number of Topliss-reactive ketones (excluding diaryl/α,β-unsaturated/α-hetero) is 2. The number of carbonyl (C=O) groups excluding carboxylic acids is 4. The van der Waals surface area contributed by atoms with Crippen molar-refractivity contribution in [3.63, 3.8) is 0 Å². The molecule has 4 aliphatic heterocycles. The highest BCUT2D eigenvalue weighted by molar-refractivity contribution is 8.21. The molecule has 0 saturated heterocycles. The van der Waals surface area contributed by atoms with Gasteiger partial charge in [0.2, 0.25) is 0 Å². The second-order valence-electron chi connectivity index (χ2n) is 28.9. The van der Waals surface area contributed by atoms with Crippen LogP contribution in [0.25, 0.3) is 81.7 Å². The van der Waals surface area contributed by atoms with Crippen molar-refractivity contribution in [3.05, 3.63) is 209 Å². The number of carboxylic acids is 3. The number of nitriles is 4. The number of benzene rings is 8. The summed E-state index contributed by atoms with van der Waals surface area (Å²) in [5, 5.41) is 73.6. The van der Waals surface area contributed by atoms with Crippen LogP contribution >= 0.6 is 253 Å². The van der Waals surface area contributed by atoms with E-state index >= 15 is 0 Å². The molecule has 0 aliphatic carbocycles. The van der Waals surface area contributed by atoms with Gasteiger partial charge in [-0.25, -0.2) is 54.3 Å². The van der Waals surface area contributed by atoms with Crippen LogP contribution in [0, 0.1) is 45.3 Å². The number of carboxylic acid groups (broad SMARTS) is 3. The Morgan fingerprint density at radius 1 is 0.364 bits per heavy atom. The van der Waals surface area contributed by atoms with Crippen LogP contribution < -0.4 is 0 Å². The van der Waals surface area contributed by atoms with Crippen molar-refractivity contribution >= 4 is 396 Å². The Morgan fingerprint density at radius 3 is 0.900 bits per heavy atom. The minimum Gasteiger partial charge on any atom is -0.480 e. The van der Waals surface area contributed by atoms with Crippen LogP contribution in [0.3, 0.4) is 0 Å². The van der Waals surface area contributed by atoms with Gasteiger partial charge in [-0.05, 0) is 246 Å². The van der Waals surface area contributed by atoms with Gasteiger partial charge < -0.3 is 15.3 Å². The summed E-state index contributed by atoms with van der Waals surface area (Å²) >= 11 is 32.7. The second-order valence-corrected chi connectivity index (χ2v) is 48.7. The molecule has 4 atom stereocenters. The van der Waals surface area contributed by atoms with E-state index in [0.717, 1.165) is 159 Å². The normalized spacial score (nSPS) is 15.0. The lowest BCUT2D eigenvalue weighted by Crippen LogP contribution is -2.17. The van der Waals surface area contributed by atoms with Crippen LogP contribution in [0.5, 0.6) is 0 Å². The number of thioether (sulfide) groups is 8. The molecule has 4 aliphatic rings. The lowest BCUT2D eigenvalue weighted by atomic mass is 10.3. The molecule has 0 amide bonds. The van der Waals surface area contributed by atoms with E-state index in [4.69, 9.17) is 57.7 Å². The van der Waals surface area contributed by atoms with Gasteiger partial charge in [-0.15, -0.1) is 187 Å². The van der Waals surface area contributed by atoms with Gasteiger partial charge in [-0.1, -0.05) is 23.5 Å². The van der Waals surface area contributed by atoms with Crippen molar-refractivity contribution in [1.82, 2.24) is 39.9 Å². The SMILES string of the molecule is CC(=O)/C=C/Sc1ccc2nc(C#N)sc2c1.CC(=O)/C=C/Sc1ccc2nc(C3=N[C@@H](C(=O)O)CS3)sc2c1.CC(=O)CCSc1ccc2nc(C#N)sc2c1.CC(=O)CCSc1ccc2nc(C3=N[C@@H](C)CS3)sc2c1.N#Cc1nc2ccc(S)cc2s1.N#Cc1nc2ccc(SCl)cc2s1.O=C(O)[C@H]1CSC(c2nc3ccc(S)cc3s2)=N1.O=C(O)[C@H]1CSC(c2nc3ccc(SCl)cc3s2)=N1. The topological polar surface area (TPSA) is 428 Å². The summed E-state index contributed by atoms with van der Waals surface area (Å²) in [5.41, 5.74) is 7.12. The van der Waals surface area contributed by atoms with Gasteiger partial charge in [-0.3, -0.25) is 39.1 Å². The third kappa shape index (κ3) is 31.4. The number of fused-ring (bicyclic) bond motifs is 8. The maximum absolute atomic E-state index is 11.0. The first-order valence-corrected chi connectivity index (χ1v) is 59.1. The van der Waals surface area contributed by atoms with Crippen molar-refractivity contribution in [3.8, 4) is 24.3 Å². The third-order valence-corrected chi connectivity index (χ3v) is 37.0. The molecule has 16 aromatic rings. The summed E-state index contributed by atoms with van der Waals surface area (Å²) in [6.45, 7) is 8.41. The number of nitrogens with zero attached hydrogens (tertiary/aromatic N) is 16. The molecule has 0 fully saturated rings. The van der Waals surface area contributed by atoms with Gasteiger partial charge in [0.1, 0.15) is 76.0 Å². The van der Waals surface area contributed by atoms with Gasteiger partial charge in [0.05, 0.1) is 87.8 Å². The van der Waals surface area contributed by atoms with Crippen molar-refractivity contribution in [2.75, 3.05) is 34.5 Å². The number of ketones is 4. The fraction of sp³-hybridized carbons (Fsp3) is 0.185. The Morgan fingerprint density at radius 2 is 0.621 bits per heavy atom. The molecule has 0 saturated carbocycles. The number of halogens is 2. The molecule has 48 heteroatoms. The Balaban J connectivity index is 0.000000136. The Labute approximate surface area is 894 Å². The van der Waals surface area contributed by atoms with E-state index < -0.39 is 36.0 Å². The average molecular weight is 2270 g/mol. The monoisotopic (exact) mass is 2270 g/mol. The number of thiazole rings is 8. The number of aliphatic carboxylic acids is 3. The second kappa shape index (κ2) is 52.9. The van der Waals surface area contributed by atoms with Crippen molar-refractivity contribution in [2.45, 2.75) is 111 Å². The smallest absolute Gasteiger partial charge is 0.329 e. The molecule has 8 aromatic heterocycles. The first-order chi connectivity index (χ1) is 67.4. The minimum absolute atomic E-state index is 0.0166. The molecule has 0 radical (unpaired) electrons. The predicted molar refractivity (Wildman–Crippen MR) is 597 cm³/mol. The molecular formula is C92H68Cl2N16O10S20. The molecule has 0 bridgehead atoms. The summed E-state index contributed by atoms with van der Waals surface area (Å²) in [4.78, 5) is 136. The quantitative estimate of drug-likeness (QED) is 0.0225. The summed E-state index contributed by atoms with van der Waals surface area (Å²) in [6.07, 6.45) is 4.28. The van der Waals surface area contributed by atoms with Crippen LogP contribution in [-0.4, -0.2) is 175 Å². The number of hydrogen-bond acceptors (Lipinski definition) is 43. The number of aromatic nitrogens is 8. The van der Waals surface area contributed by atoms with Gasteiger partial charge in [0.25, 0.3) is 0 Å². The highest BCUT2D eigenvalue weighted by Crippen LogP contribution is 2.40. The van der Waals surface area contributed by atoms with Crippen LogP contribution in [0.2, 0.25) is 0 Å². The first-order valence-electron chi connectivity index (χ1n) is 40.7. The van der Waals surface area contributed by atoms with Gasteiger partial charge in [0, 0.05) is 86.5 Å². The van der Waals surface area contributed by atoms with Crippen LogP contribution in [0.15, 0.2) is 228 Å². The standard InChI is InChI=1S/C15H12N2O3S3.C15H16N2OS3.C12H10N2OS2.C12H8N2OS2.C11H7ClN2O2S3.C11H8N2O2S3.C8H3ClN2S2.C8H4N2S2/c1-8(18)4-5-21-9-2-3-10-12(6-9)23-14(16-10)13-17-11(7-22-13)15(19)20;1-9-8-20-14(16-9)15-17-12-4-3-11(7-13(12)21-15)19-6-5-10(2)18;2*1-8(15)4-5-16-9-2-3-10-11(6-9)17-12(7-13)14-10;12-19-5-1-2-6-8(3-5)18-10(13-6)9-14-7(4-17-9)11(15)16;14-11(15)7-4-17-9(13-7)10-12-6-2-1-5(16)3-8(6)18-10;9-13-5-1-2-6-7(3-5)12-8(4-10)11-6;9-4-8-10-6-2-1-5(11)3-7(6)12-8/h2-6,11H,7H2,1H3,(H,19,20);3-4,7,9H,5-6,8H2,1-2H3;2-3,6H,4-5H2,1H3;2-6H,1H3;1-3,7H,4H2,(H,15,16);1-3,7,16H,4H2,(H,14,15);1-3H;1-3,11H/b5-4+;;;5-4+;;;;/t11-;9-;;;2*7-;;/m10..11../s1. The third-order valence-electron chi connectivity index (χ3n) is 18.3. The molecule has 26 nitrogen and oxygen atoms in total. The Kier molecular flexibility index (Phi) is 40.9. The number of carbonyl (C=O) groups is 7. The van der Waals surface area contributed by atoms with E-state index in [1.807, 2.05) is 152 Å². The molecule has 0 spiro atoms. The molecule has 140 heavy (non-hydrogen) atoms. The maximum atomic E-state index is 11.0. The lowest BCUT2D eigenvalue weighted by molar-refractivity contribution is -0.138. The first kappa shape index (κ1) is 108. The fourth-order valence-corrected chi connectivity index (χ4v) is 29.0. The van der Waals surface area contributed by atoms with Crippen molar-refractivity contribution in [2.24, 2.45) is 20.0 Å². The van der Waals surface area contributed by atoms with Crippen molar-refractivity contribution in [1.29, 1.82) is 21.0 Å². The van der Waals surface area contributed by atoms with Gasteiger partial charge in [-0.2, -0.15) is 21.0 Å². The Bertz CT molecular complexity index is 7790. The van der Waals surface area contributed by atoms with Crippen LogP contribution in [-0.2, 0) is 33.6 Å². The number of allylic oxidation sites excluding steroid dienone is 2. The molecule has 12 heterocycles. The van der Waals surface area contributed by atoms with E-state index in [-0.39, 0.29) is 23.1 Å². The van der Waals surface area contributed by atoms with E-state index in [9.17, 15) is 33.6 Å². The molecule has 20 rings (SSSR count). The molecule has 3 N–H and O–H groups in total. The largest absolute Gasteiger partial charge is 0.480 e. The van der Waals surface area contributed by atoms with Crippen LogP contribution in [0.4, 0.5) is 0 Å². The summed E-state index contributed by atoms with van der Waals surface area (Å²) in [7, 11) is 13.7. The van der Waals surface area contributed by atoms with E-state index in [1.54, 1.807) is 71.3 Å². The number of hydrogen-bond donors (Lipinski definition) is 5. The maximum Gasteiger partial charge on any atom is 0.329 e. The highest BCUT2D eigenvalue weighted by atomic mass is 35.7. The molecule has 8 aromatic carbocycles. The van der Waals surface area contributed by atoms with E-state index in [1.165, 1.54) is 196 Å². The zero-order chi connectivity index (χ0) is 99.6. The molecular weight excluding hydrogens is 2200 g/mol. The van der Waals surface area contributed by atoms with Gasteiger partial charge in [0.15, 0.2) is 49.7 Å². The number of thiol groups is 2. The van der Waals surface area contributed by atoms with E-state index in [2.05, 4.69) is 110 Å². The van der Waals surface area contributed by atoms with Gasteiger partial charge >= 0.3 is 17.9 Å².